The minimum absolute atomic E-state index is 0.0142. The first-order valence-electron chi connectivity index (χ1n) is 6.45. The lowest BCUT2D eigenvalue weighted by atomic mass is 10.00. The highest BCUT2D eigenvalue weighted by Crippen LogP contribution is 2.08. The summed E-state index contributed by atoms with van der Waals surface area (Å²) >= 11 is 0. The summed E-state index contributed by atoms with van der Waals surface area (Å²) in [5.74, 6) is 0.549. The Bertz CT molecular complexity index is 238. The maximum Gasteiger partial charge on any atom is 0.248 e. The zero-order valence-electron chi connectivity index (χ0n) is 10.7. The Balaban J connectivity index is 2.12. The van der Waals surface area contributed by atoms with Crippen molar-refractivity contribution in [3.8, 4) is 0 Å². The number of amides is 1. The standard InChI is InChI=1S/C13H24N2O2/c1-3-4-8-17-11(2)13(16)15-10-12-6-5-7-14-9-12/h3,11-12,14H,1,4-10H2,2H3,(H,15,16). The third kappa shape index (κ3) is 5.84. The topological polar surface area (TPSA) is 50.4 Å². The van der Waals surface area contributed by atoms with E-state index >= 15 is 0 Å². The molecule has 4 nitrogen and oxygen atoms in total. The molecule has 0 spiro atoms. The van der Waals surface area contributed by atoms with E-state index < -0.39 is 0 Å². The predicted molar refractivity (Wildman–Crippen MR) is 68.8 cm³/mol. The van der Waals surface area contributed by atoms with E-state index in [1.165, 1.54) is 12.8 Å². The normalized spacial score (nSPS) is 21.8. The minimum atomic E-state index is -0.369. The van der Waals surface area contributed by atoms with Crippen LogP contribution in [-0.4, -0.2) is 38.3 Å². The molecule has 98 valence electrons. The highest BCUT2D eigenvalue weighted by Gasteiger charge is 2.17. The van der Waals surface area contributed by atoms with E-state index in [9.17, 15) is 4.79 Å². The molecule has 0 radical (unpaired) electrons. The van der Waals surface area contributed by atoms with Crippen LogP contribution >= 0.6 is 0 Å². The summed E-state index contributed by atoms with van der Waals surface area (Å²) in [4.78, 5) is 11.7. The SMILES string of the molecule is C=CCCOC(C)C(=O)NCC1CCCNC1. The minimum Gasteiger partial charge on any atom is -0.368 e. The maximum atomic E-state index is 11.7. The lowest BCUT2D eigenvalue weighted by Gasteiger charge is -2.23. The van der Waals surface area contributed by atoms with Crippen molar-refractivity contribution >= 4 is 5.91 Å². The van der Waals surface area contributed by atoms with Gasteiger partial charge >= 0.3 is 0 Å². The van der Waals surface area contributed by atoms with E-state index in [0.717, 1.165) is 26.1 Å². The Hall–Kier alpha value is -0.870. The summed E-state index contributed by atoms with van der Waals surface area (Å²) in [6, 6.07) is 0. The van der Waals surface area contributed by atoms with Gasteiger partial charge in [-0.15, -0.1) is 6.58 Å². The van der Waals surface area contributed by atoms with Crippen LogP contribution in [0.4, 0.5) is 0 Å². The van der Waals surface area contributed by atoms with Crippen molar-refractivity contribution in [2.75, 3.05) is 26.2 Å². The number of rotatable bonds is 7. The van der Waals surface area contributed by atoms with E-state index in [1.54, 1.807) is 13.0 Å². The fraction of sp³-hybridized carbons (Fsp3) is 0.769. The van der Waals surface area contributed by atoms with Crippen LogP contribution in [0.15, 0.2) is 12.7 Å². The van der Waals surface area contributed by atoms with Crippen LogP contribution in [0.5, 0.6) is 0 Å². The first kappa shape index (κ1) is 14.2. The second-order valence-electron chi connectivity index (χ2n) is 4.55. The molecule has 0 aromatic rings. The number of carbonyl (C=O) groups excluding carboxylic acids is 1. The Morgan fingerprint density at radius 3 is 3.18 bits per heavy atom. The molecule has 0 aliphatic carbocycles. The number of piperidine rings is 1. The molecule has 17 heavy (non-hydrogen) atoms. The number of hydrogen-bond acceptors (Lipinski definition) is 3. The Morgan fingerprint density at radius 1 is 1.71 bits per heavy atom. The molecule has 4 heteroatoms. The lowest BCUT2D eigenvalue weighted by molar-refractivity contribution is -0.131. The summed E-state index contributed by atoms with van der Waals surface area (Å²) in [7, 11) is 0. The summed E-state index contributed by atoms with van der Waals surface area (Å²) in [5, 5.41) is 6.29. The van der Waals surface area contributed by atoms with Gasteiger partial charge in [0.1, 0.15) is 6.10 Å². The average Bonchev–Trinajstić information content (AvgIpc) is 2.37. The van der Waals surface area contributed by atoms with Gasteiger partial charge in [0, 0.05) is 6.54 Å². The van der Waals surface area contributed by atoms with Crippen molar-refractivity contribution in [3.05, 3.63) is 12.7 Å². The van der Waals surface area contributed by atoms with Crippen LogP contribution in [0.2, 0.25) is 0 Å². The molecule has 2 atom stereocenters. The van der Waals surface area contributed by atoms with Crippen molar-refractivity contribution in [1.29, 1.82) is 0 Å². The molecule has 0 saturated carbocycles. The number of carbonyl (C=O) groups is 1. The molecule has 1 fully saturated rings. The molecule has 1 rings (SSSR count). The molecule has 1 aliphatic rings. The van der Waals surface area contributed by atoms with E-state index in [2.05, 4.69) is 17.2 Å². The van der Waals surface area contributed by atoms with Crippen molar-refractivity contribution in [2.45, 2.75) is 32.3 Å². The van der Waals surface area contributed by atoms with Gasteiger partial charge in [0.05, 0.1) is 6.61 Å². The van der Waals surface area contributed by atoms with Gasteiger partial charge in [-0.1, -0.05) is 6.08 Å². The molecule has 1 amide bonds. The van der Waals surface area contributed by atoms with Crippen molar-refractivity contribution in [2.24, 2.45) is 5.92 Å². The Labute approximate surface area is 104 Å². The third-order valence-corrected chi connectivity index (χ3v) is 3.02. The van der Waals surface area contributed by atoms with Crippen LogP contribution < -0.4 is 10.6 Å². The predicted octanol–water partition coefficient (Wildman–Crippen LogP) is 1.08. The summed E-state index contributed by atoms with van der Waals surface area (Å²) in [5.41, 5.74) is 0. The fourth-order valence-corrected chi connectivity index (χ4v) is 1.89. The highest BCUT2D eigenvalue weighted by molar-refractivity contribution is 5.80. The molecule has 0 bridgehead atoms. The molecular formula is C13H24N2O2. The molecule has 1 heterocycles. The number of nitrogens with one attached hydrogen (secondary N) is 2. The van der Waals surface area contributed by atoms with Gasteiger partial charge in [0.15, 0.2) is 0 Å². The number of hydrogen-bond donors (Lipinski definition) is 2. The van der Waals surface area contributed by atoms with E-state index in [0.29, 0.717) is 12.5 Å². The van der Waals surface area contributed by atoms with Crippen LogP contribution in [-0.2, 0) is 9.53 Å². The Kier molecular flexibility index (Phi) is 6.89. The fourth-order valence-electron chi connectivity index (χ4n) is 1.89. The Morgan fingerprint density at radius 2 is 2.53 bits per heavy atom. The van der Waals surface area contributed by atoms with E-state index in [1.807, 2.05) is 0 Å². The smallest absolute Gasteiger partial charge is 0.248 e. The first-order valence-corrected chi connectivity index (χ1v) is 6.45. The van der Waals surface area contributed by atoms with Crippen molar-refractivity contribution in [1.82, 2.24) is 10.6 Å². The van der Waals surface area contributed by atoms with Gasteiger partial charge in [-0.3, -0.25) is 4.79 Å². The molecule has 1 aliphatic heterocycles. The largest absolute Gasteiger partial charge is 0.368 e. The van der Waals surface area contributed by atoms with Gasteiger partial charge in [-0.2, -0.15) is 0 Å². The third-order valence-electron chi connectivity index (χ3n) is 3.02. The average molecular weight is 240 g/mol. The summed E-state index contributed by atoms with van der Waals surface area (Å²) in [6.45, 7) is 8.82. The van der Waals surface area contributed by atoms with E-state index in [4.69, 9.17) is 4.74 Å². The van der Waals surface area contributed by atoms with Gasteiger partial charge in [-0.05, 0) is 45.2 Å². The monoisotopic (exact) mass is 240 g/mol. The second kappa shape index (κ2) is 8.25. The highest BCUT2D eigenvalue weighted by atomic mass is 16.5. The first-order chi connectivity index (χ1) is 8.24. The molecule has 2 N–H and O–H groups in total. The summed E-state index contributed by atoms with van der Waals surface area (Å²) in [6.07, 6.45) is 4.60. The van der Waals surface area contributed by atoms with Gasteiger partial charge in [0.2, 0.25) is 5.91 Å². The van der Waals surface area contributed by atoms with Crippen LogP contribution in [0, 0.1) is 5.92 Å². The molecular weight excluding hydrogens is 216 g/mol. The van der Waals surface area contributed by atoms with Crippen LogP contribution in [0.1, 0.15) is 26.2 Å². The zero-order chi connectivity index (χ0) is 12.5. The quantitative estimate of drug-likeness (QED) is 0.517. The molecule has 0 aromatic carbocycles. The summed E-state index contributed by atoms with van der Waals surface area (Å²) < 4.78 is 5.39. The van der Waals surface area contributed by atoms with Crippen molar-refractivity contribution in [3.63, 3.8) is 0 Å². The van der Waals surface area contributed by atoms with Gasteiger partial charge in [0.25, 0.3) is 0 Å². The van der Waals surface area contributed by atoms with Gasteiger partial charge in [-0.25, -0.2) is 0 Å². The van der Waals surface area contributed by atoms with Crippen LogP contribution in [0.3, 0.4) is 0 Å². The number of ether oxygens (including phenoxy) is 1. The molecule has 2 unspecified atom stereocenters. The molecule has 0 aromatic heterocycles. The van der Waals surface area contributed by atoms with Crippen molar-refractivity contribution < 1.29 is 9.53 Å². The second-order valence-corrected chi connectivity index (χ2v) is 4.55. The molecule has 1 saturated heterocycles. The van der Waals surface area contributed by atoms with E-state index in [-0.39, 0.29) is 12.0 Å². The zero-order valence-corrected chi connectivity index (χ0v) is 10.7. The maximum absolute atomic E-state index is 11.7. The van der Waals surface area contributed by atoms with Gasteiger partial charge < -0.3 is 15.4 Å². The van der Waals surface area contributed by atoms with Crippen LogP contribution in [0.25, 0.3) is 0 Å². The lowest BCUT2D eigenvalue weighted by Crippen LogP contribution is -2.41.